The van der Waals surface area contributed by atoms with Crippen LogP contribution in [0.2, 0.25) is 0 Å². The highest BCUT2D eigenvalue weighted by atomic mass is 16.7. The number of hydrogen-bond donors (Lipinski definition) is 0. The van der Waals surface area contributed by atoms with Crippen molar-refractivity contribution in [1.29, 1.82) is 0 Å². The van der Waals surface area contributed by atoms with Gasteiger partial charge in [-0.2, -0.15) is 5.06 Å². The van der Waals surface area contributed by atoms with Crippen LogP contribution in [0, 0.1) is 12.3 Å². The summed E-state index contributed by atoms with van der Waals surface area (Å²) >= 11 is 0. The van der Waals surface area contributed by atoms with Crippen LogP contribution in [0.15, 0.2) is 54.6 Å². The molecule has 1 saturated heterocycles. The van der Waals surface area contributed by atoms with Gasteiger partial charge in [-0.05, 0) is 31.9 Å². The van der Waals surface area contributed by atoms with Crippen LogP contribution < -0.4 is 0 Å². The molecule has 1 aliphatic rings. The van der Waals surface area contributed by atoms with E-state index in [-0.39, 0.29) is 19.6 Å². The lowest BCUT2D eigenvalue weighted by Gasteiger charge is -2.47. The molecule has 2 atom stereocenters. The van der Waals surface area contributed by atoms with Gasteiger partial charge in [0.25, 0.3) is 0 Å². The Kier molecular flexibility index (Phi) is 6.90. The van der Waals surface area contributed by atoms with E-state index in [1.54, 1.807) is 26.0 Å². The molecule has 0 radical (unpaired) electrons. The molecule has 1 aliphatic heterocycles. The molecule has 0 aromatic heterocycles. The molecule has 6 heteroatoms. The Morgan fingerprint density at radius 3 is 2.07 bits per heavy atom. The van der Waals surface area contributed by atoms with E-state index < -0.39 is 29.5 Å². The number of benzene rings is 2. The maximum Gasteiger partial charge on any atom is 0.325 e. The lowest BCUT2D eigenvalue weighted by molar-refractivity contribution is -0.278. The molecule has 2 aromatic rings. The van der Waals surface area contributed by atoms with Crippen LogP contribution in [0.25, 0.3) is 0 Å². The highest BCUT2D eigenvalue weighted by Gasteiger charge is 2.61. The number of ether oxygens (including phenoxy) is 2. The fourth-order valence-corrected chi connectivity index (χ4v) is 4.10. The first-order valence-electron chi connectivity index (χ1n) is 10.3. The number of hydroxylamine groups is 2. The summed E-state index contributed by atoms with van der Waals surface area (Å²) in [4.78, 5) is 33.0. The normalized spacial score (nSPS) is 21.1. The van der Waals surface area contributed by atoms with Gasteiger partial charge in [-0.3, -0.25) is 14.4 Å². The lowest BCUT2D eigenvalue weighted by Crippen LogP contribution is -2.56. The molecule has 0 unspecified atom stereocenters. The molecule has 0 aliphatic carbocycles. The van der Waals surface area contributed by atoms with Crippen molar-refractivity contribution in [2.75, 3.05) is 20.3 Å². The van der Waals surface area contributed by atoms with Crippen LogP contribution in [0.5, 0.6) is 0 Å². The minimum Gasteiger partial charge on any atom is -0.465 e. The Bertz CT molecular complexity index is 847. The van der Waals surface area contributed by atoms with E-state index in [0.717, 1.165) is 16.7 Å². The molecule has 6 nitrogen and oxygen atoms in total. The Morgan fingerprint density at radius 1 is 0.967 bits per heavy atom. The largest absolute Gasteiger partial charge is 0.465 e. The van der Waals surface area contributed by atoms with E-state index in [1.165, 1.54) is 0 Å². The third kappa shape index (κ3) is 4.11. The van der Waals surface area contributed by atoms with Gasteiger partial charge in [-0.15, -0.1) is 0 Å². The molecule has 0 N–H and O–H groups in total. The molecule has 0 bridgehead atoms. The number of rotatable bonds is 6. The zero-order valence-corrected chi connectivity index (χ0v) is 18.0. The molecule has 1 heterocycles. The zero-order valence-electron chi connectivity index (χ0n) is 18.0. The summed E-state index contributed by atoms with van der Waals surface area (Å²) in [5.74, 6) is -1.18. The second-order valence-corrected chi connectivity index (χ2v) is 7.48. The summed E-state index contributed by atoms with van der Waals surface area (Å²) in [5.41, 5.74) is 1.19. The predicted molar refractivity (Wildman–Crippen MR) is 112 cm³/mol. The van der Waals surface area contributed by atoms with Crippen molar-refractivity contribution in [3.63, 3.8) is 0 Å². The summed E-state index contributed by atoms with van der Waals surface area (Å²) in [7, 11) is 1.74. The first-order chi connectivity index (χ1) is 14.4. The maximum absolute atomic E-state index is 13.4. The minimum absolute atomic E-state index is 0.123. The summed E-state index contributed by atoms with van der Waals surface area (Å²) in [6.07, 6.45) is -0.371. The fraction of sp³-hybridized carbons (Fsp3) is 0.417. The van der Waals surface area contributed by atoms with Crippen molar-refractivity contribution in [3.8, 4) is 0 Å². The van der Waals surface area contributed by atoms with E-state index in [0.29, 0.717) is 0 Å². The fourth-order valence-electron chi connectivity index (χ4n) is 4.10. The summed E-state index contributed by atoms with van der Waals surface area (Å²) < 4.78 is 10.9. The number of hydrogen-bond acceptors (Lipinski definition) is 6. The van der Waals surface area contributed by atoms with Gasteiger partial charge in [0.05, 0.1) is 19.3 Å². The molecule has 0 amide bonds. The van der Waals surface area contributed by atoms with Gasteiger partial charge in [0.1, 0.15) is 6.10 Å². The number of nitrogens with zero attached hydrogens (tertiary/aromatic N) is 1. The van der Waals surface area contributed by atoms with E-state index in [4.69, 9.17) is 14.3 Å². The first kappa shape index (κ1) is 22.0. The molecular weight excluding hydrogens is 382 g/mol. The number of esters is 2. The summed E-state index contributed by atoms with van der Waals surface area (Å²) in [6, 6.07) is 16.6. The van der Waals surface area contributed by atoms with Crippen LogP contribution in [0.1, 0.15) is 49.1 Å². The van der Waals surface area contributed by atoms with Crippen LogP contribution in [-0.4, -0.2) is 37.3 Å². The minimum atomic E-state index is -1.56. The molecular formula is C24H29NO5. The van der Waals surface area contributed by atoms with Crippen molar-refractivity contribution in [1.82, 2.24) is 5.06 Å². The molecule has 1 fully saturated rings. The van der Waals surface area contributed by atoms with Crippen molar-refractivity contribution in [2.24, 2.45) is 5.41 Å². The third-order valence-electron chi connectivity index (χ3n) is 5.48. The van der Waals surface area contributed by atoms with Crippen LogP contribution >= 0.6 is 0 Å². The van der Waals surface area contributed by atoms with E-state index in [2.05, 4.69) is 0 Å². The summed E-state index contributed by atoms with van der Waals surface area (Å²) in [5, 5.41) is 1.60. The topological polar surface area (TPSA) is 65.1 Å². The standard InChI is InChI=1S/C24H29NO5/c1-5-28-22(26)24(23(27)29-6-2)16-20(18-10-8-7-9-11-18)30-25(4)21(24)19-14-12-17(3)13-15-19/h7-15,20-21H,5-6,16H2,1-4H3/t20-,21-/m1/s1. The van der Waals surface area contributed by atoms with Gasteiger partial charge in [0.2, 0.25) is 0 Å². The summed E-state index contributed by atoms with van der Waals surface area (Å²) in [6.45, 7) is 5.79. The Hall–Kier alpha value is -2.70. The highest BCUT2D eigenvalue weighted by Crippen LogP contribution is 2.52. The van der Waals surface area contributed by atoms with E-state index >= 15 is 0 Å². The SMILES string of the molecule is CCOC(=O)C1(C(=O)OCC)C[C@H](c2ccccc2)ON(C)[C@@H]1c1ccc(C)cc1. The Labute approximate surface area is 177 Å². The second-order valence-electron chi connectivity index (χ2n) is 7.48. The van der Waals surface area contributed by atoms with Crippen LogP contribution in [0.4, 0.5) is 0 Å². The van der Waals surface area contributed by atoms with Gasteiger partial charge >= 0.3 is 11.9 Å². The smallest absolute Gasteiger partial charge is 0.325 e. The number of carbonyl (C=O) groups excluding carboxylic acids is 2. The van der Waals surface area contributed by atoms with E-state index in [1.807, 2.05) is 61.5 Å². The Morgan fingerprint density at radius 2 is 1.53 bits per heavy atom. The molecule has 30 heavy (non-hydrogen) atoms. The molecule has 3 rings (SSSR count). The van der Waals surface area contributed by atoms with Crippen molar-refractivity contribution < 1.29 is 23.9 Å². The van der Waals surface area contributed by atoms with Crippen molar-refractivity contribution in [3.05, 3.63) is 71.3 Å². The number of aryl methyl sites for hydroxylation is 1. The quantitative estimate of drug-likeness (QED) is 0.525. The van der Waals surface area contributed by atoms with E-state index in [9.17, 15) is 9.59 Å². The molecule has 0 spiro atoms. The van der Waals surface area contributed by atoms with Crippen molar-refractivity contribution in [2.45, 2.75) is 39.3 Å². The first-order valence-corrected chi connectivity index (χ1v) is 10.3. The molecule has 160 valence electrons. The van der Waals surface area contributed by atoms with Gasteiger partial charge in [0, 0.05) is 13.5 Å². The maximum atomic E-state index is 13.4. The molecule has 2 aromatic carbocycles. The number of carbonyl (C=O) groups is 2. The Balaban J connectivity index is 2.16. The van der Waals surface area contributed by atoms with Gasteiger partial charge in [-0.25, -0.2) is 0 Å². The van der Waals surface area contributed by atoms with Crippen LogP contribution in [0.3, 0.4) is 0 Å². The van der Waals surface area contributed by atoms with Gasteiger partial charge in [0.15, 0.2) is 5.41 Å². The lowest BCUT2D eigenvalue weighted by atomic mass is 9.70. The van der Waals surface area contributed by atoms with Crippen LogP contribution in [-0.2, 0) is 23.9 Å². The predicted octanol–water partition coefficient (Wildman–Crippen LogP) is 4.16. The highest BCUT2D eigenvalue weighted by molar-refractivity contribution is 6.01. The van der Waals surface area contributed by atoms with Gasteiger partial charge in [-0.1, -0.05) is 60.2 Å². The van der Waals surface area contributed by atoms with Crippen molar-refractivity contribution >= 4 is 11.9 Å². The monoisotopic (exact) mass is 411 g/mol. The zero-order chi connectivity index (χ0) is 21.7. The average molecular weight is 411 g/mol. The second kappa shape index (κ2) is 9.41. The average Bonchev–Trinajstić information content (AvgIpc) is 2.75. The van der Waals surface area contributed by atoms with Gasteiger partial charge < -0.3 is 9.47 Å². The molecule has 0 saturated carbocycles. The third-order valence-corrected chi connectivity index (χ3v) is 5.48.